The van der Waals surface area contributed by atoms with Crippen molar-refractivity contribution in [1.29, 1.82) is 0 Å². The summed E-state index contributed by atoms with van der Waals surface area (Å²) in [7, 11) is -2.25. The maximum Gasteiger partial charge on any atom is 0.248 e. The molecular weight excluding hydrogens is 448 g/mol. The van der Waals surface area contributed by atoms with E-state index in [1.807, 2.05) is 60.8 Å². The van der Waals surface area contributed by atoms with Gasteiger partial charge in [-0.1, -0.05) is 65.3 Å². The van der Waals surface area contributed by atoms with Gasteiger partial charge >= 0.3 is 0 Å². The lowest BCUT2D eigenvalue weighted by molar-refractivity contribution is 0.389. The summed E-state index contributed by atoms with van der Waals surface area (Å²) in [6, 6.07) is 17.3. The first-order chi connectivity index (χ1) is 15.3. The van der Waals surface area contributed by atoms with Gasteiger partial charge in [0, 0.05) is 35.9 Å². The van der Waals surface area contributed by atoms with Gasteiger partial charge in [-0.3, -0.25) is 4.68 Å². The van der Waals surface area contributed by atoms with Gasteiger partial charge < -0.3 is 4.52 Å². The van der Waals surface area contributed by atoms with Crippen molar-refractivity contribution in [2.75, 3.05) is 7.05 Å². The molecule has 2 heterocycles. The van der Waals surface area contributed by atoms with Crippen LogP contribution in [0.15, 0.2) is 70.2 Å². The van der Waals surface area contributed by atoms with Crippen LogP contribution in [-0.4, -0.2) is 34.7 Å². The van der Waals surface area contributed by atoms with E-state index in [4.69, 9.17) is 21.2 Å². The number of hydrogen-bond donors (Lipinski definition) is 0. The molecule has 7 nitrogen and oxygen atoms in total. The largest absolute Gasteiger partial charge is 0.360 e. The summed E-state index contributed by atoms with van der Waals surface area (Å²) in [5.74, 6) is 0.270. The molecule has 0 aliphatic carbocycles. The highest BCUT2D eigenvalue weighted by Crippen LogP contribution is 2.28. The Balaban J connectivity index is 1.71. The SMILES string of the molecule is Cc1noc(C)c1S(=O)(=O)N(C)Cc1cn(Cc2ccccc2Cl)nc1-c1ccccc1. The standard InChI is InChI=1S/C23H23ClN4O3S/c1-16-23(17(2)31-26-16)32(29,30)27(3)13-20-15-28(14-19-11-7-8-12-21(19)24)25-22(20)18-9-5-4-6-10-18/h4-12,15H,13-14H2,1-3H3. The minimum Gasteiger partial charge on any atom is -0.360 e. The maximum absolute atomic E-state index is 13.2. The predicted molar refractivity (Wildman–Crippen MR) is 123 cm³/mol. The zero-order valence-corrected chi connectivity index (χ0v) is 19.6. The van der Waals surface area contributed by atoms with Crippen molar-refractivity contribution in [2.24, 2.45) is 0 Å². The van der Waals surface area contributed by atoms with Crippen LogP contribution < -0.4 is 0 Å². The van der Waals surface area contributed by atoms with Crippen molar-refractivity contribution in [3.05, 3.63) is 88.4 Å². The third-order valence-electron chi connectivity index (χ3n) is 5.20. The van der Waals surface area contributed by atoms with Crippen LogP contribution in [0.2, 0.25) is 5.02 Å². The van der Waals surface area contributed by atoms with Crippen molar-refractivity contribution in [3.8, 4) is 11.3 Å². The molecule has 0 spiro atoms. The molecule has 9 heteroatoms. The van der Waals surface area contributed by atoms with Gasteiger partial charge in [0.1, 0.15) is 10.6 Å². The van der Waals surface area contributed by atoms with E-state index >= 15 is 0 Å². The second-order valence-electron chi connectivity index (χ2n) is 7.57. The molecular formula is C23H23ClN4O3S. The Morgan fingerprint density at radius 3 is 2.38 bits per heavy atom. The average Bonchev–Trinajstić information content (AvgIpc) is 3.32. The van der Waals surface area contributed by atoms with Crippen molar-refractivity contribution < 1.29 is 12.9 Å². The van der Waals surface area contributed by atoms with Crippen LogP contribution in [-0.2, 0) is 23.1 Å². The Morgan fingerprint density at radius 2 is 1.72 bits per heavy atom. The normalized spacial score (nSPS) is 11.9. The highest BCUT2D eigenvalue weighted by Gasteiger charge is 2.29. The fraction of sp³-hybridized carbons (Fsp3) is 0.217. The van der Waals surface area contributed by atoms with Gasteiger partial charge in [0.25, 0.3) is 0 Å². The molecule has 0 fully saturated rings. The van der Waals surface area contributed by atoms with Gasteiger partial charge in [0.05, 0.1) is 12.2 Å². The number of rotatable bonds is 7. The van der Waals surface area contributed by atoms with E-state index in [1.165, 1.54) is 4.31 Å². The minimum absolute atomic E-state index is 0.102. The van der Waals surface area contributed by atoms with Crippen LogP contribution in [0.1, 0.15) is 22.6 Å². The van der Waals surface area contributed by atoms with Crippen molar-refractivity contribution >= 4 is 21.6 Å². The van der Waals surface area contributed by atoms with Crippen molar-refractivity contribution in [2.45, 2.75) is 31.8 Å². The number of aromatic nitrogens is 3. The highest BCUT2D eigenvalue weighted by molar-refractivity contribution is 7.89. The van der Waals surface area contributed by atoms with Crippen LogP contribution in [0, 0.1) is 13.8 Å². The number of aryl methyl sites for hydroxylation is 2. The quantitative estimate of drug-likeness (QED) is 0.392. The van der Waals surface area contributed by atoms with E-state index in [9.17, 15) is 8.42 Å². The Kier molecular flexibility index (Phi) is 6.19. The van der Waals surface area contributed by atoms with Gasteiger partial charge in [0.2, 0.25) is 10.0 Å². The Morgan fingerprint density at radius 1 is 1.03 bits per heavy atom. The van der Waals surface area contributed by atoms with Crippen molar-refractivity contribution in [3.63, 3.8) is 0 Å². The fourth-order valence-electron chi connectivity index (χ4n) is 3.62. The molecule has 0 saturated heterocycles. The highest BCUT2D eigenvalue weighted by atomic mass is 35.5. The molecule has 32 heavy (non-hydrogen) atoms. The third kappa shape index (κ3) is 4.34. The summed E-state index contributed by atoms with van der Waals surface area (Å²) in [4.78, 5) is 0.102. The topological polar surface area (TPSA) is 81.2 Å². The van der Waals surface area contributed by atoms with Crippen molar-refractivity contribution in [1.82, 2.24) is 19.2 Å². The molecule has 0 saturated carbocycles. The summed E-state index contributed by atoms with van der Waals surface area (Å²) >= 11 is 6.33. The first-order valence-corrected chi connectivity index (χ1v) is 11.8. The Bertz CT molecular complexity index is 1330. The lowest BCUT2D eigenvalue weighted by Crippen LogP contribution is -2.27. The third-order valence-corrected chi connectivity index (χ3v) is 7.62. The summed E-state index contributed by atoms with van der Waals surface area (Å²) in [6.07, 6.45) is 1.87. The molecule has 0 unspecified atom stereocenters. The van der Waals surface area contributed by atoms with E-state index in [0.29, 0.717) is 17.3 Å². The summed E-state index contributed by atoms with van der Waals surface area (Å²) in [5.41, 5.74) is 3.68. The molecule has 0 N–H and O–H groups in total. The molecule has 0 aliphatic rings. The molecule has 2 aromatic carbocycles. The smallest absolute Gasteiger partial charge is 0.248 e. The van der Waals surface area contributed by atoms with Gasteiger partial charge in [-0.2, -0.15) is 9.40 Å². The molecule has 166 valence electrons. The molecule has 0 atom stereocenters. The van der Waals surface area contributed by atoms with E-state index in [1.54, 1.807) is 25.6 Å². The first-order valence-electron chi connectivity index (χ1n) is 10.0. The molecule has 4 rings (SSSR count). The number of benzene rings is 2. The first kappa shape index (κ1) is 22.3. The second-order valence-corrected chi connectivity index (χ2v) is 9.96. The monoisotopic (exact) mass is 470 g/mol. The van der Waals surface area contributed by atoms with E-state index in [0.717, 1.165) is 22.4 Å². The Labute approximate surface area is 192 Å². The van der Waals surface area contributed by atoms with E-state index in [-0.39, 0.29) is 17.2 Å². The number of nitrogens with zero attached hydrogens (tertiary/aromatic N) is 4. The predicted octanol–water partition coefficient (Wildman–Crippen LogP) is 4.68. The number of sulfonamides is 1. The molecule has 0 amide bonds. The zero-order valence-electron chi connectivity index (χ0n) is 18.0. The lowest BCUT2D eigenvalue weighted by atomic mass is 10.1. The van der Waals surface area contributed by atoms with E-state index < -0.39 is 10.0 Å². The lowest BCUT2D eigenvalue weighted by Gasteiger charge is -2.16. The summed E-state index contributed by atoms with van der Waals surface area (Å²) in [6.45, 7) is 3.82. The average molecular weight is 471 g/mol. The summed E-state index contributed by atoms with van der Waals surface area (Å²) in [5, 5.41) is 9.20. The minimum atomic E-state index is -3.79. The molecule has 2 aromatic heterocycles. The fourth-order valence-corrected chi connectivity index (χ4v) is 5.25. The summed E-state index contributed by atoms with van der Waals surface area (Å²) < 4.78 is 34.6. The molecule has 0 aliphatic heterocycles. The Hall–Kier alpha value is -2.94. The number of halogens is 1. The van der Waals surface area contributed by atoms with Crippen LogP contribution in [0.5, 0.6) is 0 Å². The van der Waals surface area contributed by atoms with Gasteiger partial charge in [-0.15, -0.1) is 0 Å². The number of hydrogen-bond acceptors (Lipinski definition) is 5. The molecule has 0 radical (unpaired) electrons. The van der Waals surface area contributed by atoms with Crippen LogP contribution in [0.3, 0.4) is 0 Å². The van der Waals surface area contributed by atoms with Gasteiger partial charge in [0.15, 0.2) is 5.76 Å². The van der Waals surface area contributed by atoms with Crippen LogP contribution in [0.4, 0.5) is 0 Å². The molecule has 0 bridgehead atoms. The van der Waals surface area contributed by atoms with Crippen LogP contribution in [0.25, 0.3) is 11.3 Å². The zero-order chi connectivity index (χ0) is 22.9. The van der Waals surface area contributed by atoms with Gasteiger partial charge in [-0.25, -0.2) is 8.42 Å². The second kappa shape index (κ2) is 8.90. The van der Waals surface area contributed by atoms with Crippen LogP contribution >= 0.6 is 11.6 Å². The van der Waals surface area contributed by atoms with Gasteiger partial charge in [-0.05, 0) is 25.5 Å². The van der Waals surface area contributed by atoms with E-state index in [2.05, 4.69) is 5.16 Å². The molecule has 4 aromatic rings. The maximum atomic E-state index is 13.2.